The van der Waals surface area contributed by atoms with Crippen molar-refractivity contribution in [1.82, 2.24) is 9.97 Å². The van der Waals surface area contributed by atoms with E-state index in [-0.39, 0.29) is 6.61 Å². The van der Waals surface area contributed by atoms with E-state index in [4.69, 9.17) is 16.3 Å². The molecule has 6 heteroatoms. The molecule has 2 rings (SSSR count). The third-order valence-corrected chi connectivity index (χ3v) is 4.01. The number of ether oxygens (including phenoxy) is 1. The molecule has 1 aromatic heterocycles. The Labute approximate surface area is 131 Å². The number of nitrogens with zero attached hydrogens (tertiary/aromatic N) is 3. The van der Waals surface area contributed by atoms with Crippen LogP contribution in [0.25, 0.3) is 0 Å². The first-order chi connectivity index (χ1) is 10.2. The average Bonchev–Trinajstić information content (AvgIpc) is 2.51. The van der Waals surface area contributed by atoms with Gasteiger partial charge in [-0.05, 0) is 19.8 Å². The van der Waals surface area contributed by atoms with Gasteiger partial charge in [-0.2, -0.15) is 0 Å². The van der Waals surface area contributed by atoms with E-state index in [2.05, 4.69) is 14.9 Å². The number of rotatable bonds is 7. The van der Waals surface area contributed by atoms with E-state index in [9.17, 15) is 5.11 Å². The summed E-state index contributed by atoms with van der Waals surface area (Å²) in [4.78, 5) is 10.9. The third kappa shape index (κ3) is 4.80. The van der Waals surface area contributed by atoms with E-state index >= 15 is 0 Å². The van der Waals surface area contributed by atoms with Gasteiger partial charge in [0, 0.05) is 25.3 Å². The standard InChI is InChI=1S/C15H24ClN3O2/c1-2-21-11-14-17-13(16)10-15(18-14)19(8-9-20)12-6-4-3-5-7-12/h10,12,20H,2-9,11H2,1H3. The Morgan fingerprint density at radius 3 is 2.76 bits per heavy atom. The van der Waals surface area contributed by atoms with E-state index < -0.39 is 0 Å². The van der Waals surface area contributed by atoms with Crippen LogP contribution in [0.15, 0.2) is 6.07 Å². The molecule has 1 aromatic rings. The minimum Gasteiger partial charge on any atom is -0.395 e. The van der Waals surface area contributed by atoms with Crippen LogP contribution >= 0.6 is 11.6 Å². The van der Waals surface area contributed by atoms with E-state index in [1.807, 2.05) is 6.92 Å². The minimum atomic E-state index is 0.110. The van der Waals surface area contributed by atoms with Crippen molar-refractivity contribution in [2.24, 2.45) is 0 Å². The van der Waals surface area contributed by atoms with Gasteiger partial charge in [0.2, 0.25) is 0 Å². The summed E-state index contributed by atoms with van der Waals surface area (Å²) in [5.74, 6) is 1.39. The van der Waals surface area contributed by atoms with E-state index in [0.29, 0.717) is 36.8 Å². The first-order valence-electron chi connectivity index (χ1n) is 7.73. The summed E-state index contributed by atoms with van der Waals surface area (Å²) < 4.78 is 5.36. The molecule has 0 spiro atoms. The summed E-state index contributed by atoms with van der Waals surface area (Å²) in [5, 5.41) is 9.79. The number of aliphatic hydroxyl groups is 1. The summed E-state index contributed by atoms with van der Waals surface area (Å²) in [6, 6.07) is 2.21. The molecule has 21 heavy (non-hydrogen) atoms. The van der Waals surface area contributed by atoms with Crippen LogP contribution in [0.4, 0.5) is 5.82 Å². The van der Waals surface area contributed by atoms with Crippen LogP contribution in [0.2, 0.25) is 5.15 Å². The van der Waals surface area contributed by atoms with Crippen LogP contribution < -0.4 is 4.90 Å². The maximum Gasteiger partial charge on any atom is 0.158 e. The zero-order chi connectivity index (χ0) is 15.1. The highest BCUT2D eigenvalue weighted by Crippen LogP contribution is 2.27. The lowest BCUT2D eigenvalue weighted by Crippen LogP contribution is -2.39. The third-order valence-electron chi connectivity index (χ3n) is 3.81. The second-order valence-corrected chi connectivity index (χ2v) is 5.70. The molecule has 0 unspecified atom stereocenters. The summed E-state index contributed by atoms with van der Waals surface area (Å²) in [6.45, 7) is 3.60. The molecule has 0 amide bonds. The van der Waals surface area contributed by atoms with Gasteiger partial charge >= 0.3 is 0 Å². The van der Waals surface area contributed by atoms with Crippen molar-refractivity contribution >= 4 is 17.4 Å². The van der Waals surface area contributed by atoms with Crippen molar-refractivity contribution < 1.29 is 9.84 Å². The van der Waals surface area contributed by atoms with Crippen LogP contribution in [-0.2, 0) is 11.3 Å². The van der Waals surface area contributed by atoms with Gasteiger partial charge in [0.05, 0.1) is 6.61 Å². The molecule has 0 aliphatic heterocycles. The number of anilines is 1. The van der Waals surface area contributed by atoms with E-state index in [1.54, 1.807) is 6.07 Å². The molecule has 1 aliphatic carbocycles. The van der Waals surface area contributed by atoms with Crippen molar-refractivity contribution in [2.45, 2.75) is 51.7 Å². The fraction of sp³-hybridized carbons (Fsp3) is 0.733. The van der Waals surface area contributed by atoms with Gasteiger partial charge in [0.25, 0.3) is 0 Å². The normalized spacial score (nSPS) is 16.1. The van der Waals surface area contributed by atoms with E-state index in [1.165, 1.54) is 19.3 Å². The molecule has 0 atom stereocenters. The Morgan fingerprint density at radius 1 is 1.33 bits per heavy atom. The van der Waals surface area contributed by atoms with Gasteiger partial charge in [0.1, 0.15) is 17.6 Å². The largest absolute Gasteiger partial charge is 0.395 e. The van der Waals surface area contributed by atoms with Crippen molar-refractivity contribution in [3.63, 3.8) is 0 Å². The second kappa shape index (κ2) is 8.51. The van der Waals surface area contributed by atoms with Crippen molar-refractivity contribution in [3.8, 4) is 0 Å². The molecule has 1 N–H and O–H groups in total. The molecular weight excluding hydrogens is 290 g/mol. The number of aromatic nitrogens is 2. The predicted octanol–water partition coefficient (Wildman–Crippen LogP) is 2.80. The fourth-order valence-electron chi connectivity index (χ4n) is 2.84. The number of halogens is 1. The highest BCUT2D eigenvalue weighted by molar-refractivity contribution is 6.29. The maximum absolute atomic E-state index is 9.37. The number of hydrogen-bond acceptors (Lipinski definition) is 5. The molecule has 0 aromatic carbocycles. The van der Waals surface area contributed by atoms with Crippen LogP contribution in [0, 0.1) is 0 Å². The lowest BCUT2D eigenvalue weighted by molar-refractivity contribution is 0.128. The number of hydrogen-bond donors (Lipinski definition) is 1. The highest BCUT2D eigenvalue weighted by Gasteiger charge is 2.22. The average molecular weight is 314 g/mol. The predicted molar refractivity (Wildman–Crippen MR) is 83.7 cm³/mol. The number of aliphatic hydroxyl groups excluding tert-OH is 1. The van der Waals surface area contributed by atoms with Crippen LogP contribution in [0.1, 0.15) is 44.9 Å². The van der Waals surface area contributed by atoms with Crippen LogP contribution in [-0.4, -0.2) is 40.9 Å². The van der Waals surface area contributed by atoms with Crippen molar-refractivity contribution in [1.29, 1.82) is 0 Å². The molecule has 1 saturated carbocycles. The first kappa shape index (κ1) is 16.5. The Bertz CT molecular complexity index is 439. The fourth-order valence-corrected chi connectivity index (χ4v) is 3.04. The first-order valence-corrected chi connectivity index (χ1v) is 8.11. The van der Waals surface area contributed by atoms with Gasteiger partial charge in [-0.15, -0.1) is 0 Å². The zero-order valence-electron chi connectivity index (χ0n) is 12.6. The van der Waals surface area contributed by atoms with Crippen LogP contribution in [0.5, 0.6) is 0 Å². The van der Waals surface area contributed by atoms with Gasteiger partial charge in [-0.3, -0.25) is 0 Å². The maximum atomic E-state index is 9.37. The highest BCUT2D eigenvalue weighted by atomic mass is 35.5. The molecule has 1 aliphatic rings. The molecule has 1 heterocycles. The molecule has 0 radical (unpaired) electrons. The quantitative estimate of drug-likeness (QED) is 0.784. The summed E-state index contributed by atoms with van der Waals surface area (Å²) in [6.07, 6.45) is 6.04. The Hall–Kier alpha value is -0.910. The Morgan fingerprint density at radius 2 is 2.10 bits per heavy atom. The minimum absolute atomic E-state index is 0.110. The van der Waals surface area contributed by atoms with Gasteiger partial charge in [0.15, 0.2) is 5.82 Å². The molecule has 1 fully saturated rings. The SMILES string of the molecule is CCOCc1nc(Cl)cc(N(CCO)C2CCCCC2)n1. The monoisotopic (exact) mass is 313 g/mol. The Kier molecular flexibility index (Phi) is 6.67. The molecule has 0 bridgehead atoms. The van der Waals surface area contributed by atoms with Gasteiger partial charge < -0.3 is 14.7 Å². The van der Waals surface area contributed by atoms with Crippen molar-refractivity contribution in [2.75, 3.05) is 24.7 Å². The van der Waals surface area contributed by atoms with Gasteiger partial charge in [-0.1, -0.05) is 30.9 Å². The lowest BCUT2D eigenvalue weighted by Gasteiger charge is -2.35. The smallest absolute Gasteiger partial charge is 0.158 e. The molecule has 5 nitrogen and oxygen atoms in total. The summed E-state index contributed by atoms with van der Waals surface area (Å²) in [5.41, 5.74) is 0. The van der Waals surface area contributed by atoms with Crippen LogP contribution in [0.3, 0.4) is 0 Å². The van der Waals surface area contributed by atoms with Crippen molar-refractivity contribution in [3.05, 3.63) is 17.0 Å². The van der Waals surface area contributed by atoms with E-state index in [0.717, 1.165) is 18.7 Å². The van der Waals surface area contributed by atoms with Gasteiger partial charge in [-0.25, -0.2) is 9.97 Å². The topological polar surface area (TPSA) is 58.5 Å². The molecular formula is C15H24ClN3O2. The zero-order valence-corrected chi connectivity index (χ0v) is 13.3. The Balaban J connectivity index is 2.19. The second-order valence-electron chi connectivity index (χ2n) is 5.31. The lowest BCUT2D eigenvalue weighted by atomic mass is 9.94. The molecule has 118 valence electrons. The molecule has 0 saturated heterocycles. The summed E-state index contributed by atoms with van der Waals surface area (Å²) in [7, 11) is 0. The summed E-state index contributed by atoms with van der Waals surface area (Å²) >= 11 is 6.12.